The summed E-state index contributed by atoms with van der Waals surface area (Å²) in [4.78, 5) is 40.6. The number of carbonyl (C=O) groups is 1. The summed E-state index contributed by atoms with van der Waals surface area (Å²) < 4.78 is 9.11. The summed E-state index contributed by atoms with van der Waals surface area (Å²) in [7, 11) is 2.94. The van der Waals surface area contributed by atoms with E-state index in [1.54, 1.807) is 28.8 Å². The molecule has 0 spiro atoms. The minimum Gasteiger partial charge on any atom is -0.460 e. The van der Waals surface area contributed by atoms with Gasteiger partial charge in [0.15, 0.2) is 11.2 Å². The van der Waals surface area contributed by atoms with Crippen molar-refractivity contribution in [3.05, 3.63) is 62.6 Å². The van der Waals surface area contributed by atoms with Gasteiger partial charge in [0.1, 0.15) is 6.61 Å². The lowest BCUT2D eigenvalue weighted by Crippen LogP contribution is -2.37. The average molecular weight is 367 g/mol. The van der Waals surface area contributed by atoms with Crippen LogP contribution in [0.25, 0.3) is 11.2 Å². The molecule has 0 aliphatic carbocycles. The minimum atomic E-state index is -0.514. The summed E-state index contributed by atoms with van der Waals surface area (Å²) in [6, 6.07) is 8.71. The zero-order chi connectivity index (χ0) is 19.6. The van der Waals surface area contributed by atoms with Crippen LogP contribution in [0, 0.1) is 11.3 Å². The summed E-state index contributed by atoms with van der Waals surface area (Å²) in [5.41, 5.74) is 0.723. The zero-order valence-electron chi connectivity index (χ0n) is 14.9. The second-order valence-corrected chi connectivity index (χ2v) is 5.99. The fourth-order valence-electron chi connectivity index (χ4n) is 2.79. The Morgan fingerprint density at radius 2 is 2.04 bits per heavy atom. The smallest absolute Gasteiger partial charge is 0.338 e. The van der Waals surface area contributed by atoms with Crippen molar-refractivity contribution in [1.29, 1.82) is 5.26 Å². The third kappa shape index (κ3) is 3.37. The Balaban J connectivity index is 1.76. The molecule has 0 aliphatic rings. The number of carbonyl (C=O) groups excluding carboxylic acids is 1. The van der Waals surface area contributed by atoms with Crippen LogP contribution in [0.15, 0.2) is 40.2 Å². The van der Waals surface area contributed by atoms with Crippen LogP contribution in [0.2, 0.25) is 0 Å². The maximum Gasteiger partial charge on any atom is 0.338 e. The van der Waals surface area contributed by atoms with E-state index in [2.05, 4.69) is 4.98 Å². The van der Waals surface area contributed by atoms with Gasteiger partial charge in [0.05, 0.1) is 30.9 Å². The molecular formula is C18H17N5O4. The van der Waals surface area contributed by atoms with Crippen LogP contribution < -0.4 is 11.2 Å². The Kier molecular flexibility index (Phi) is 4.90. The van der Waals surface area contributed by atoms with E-state index in [1.165, 1.54) is 25.0 Å². The predicted octanol–water partition coefficient (Wildman–Crippen LogP) is 0.357. The van der Waals surface area contributed by atoms with Crippen molar-refractivity contribution in [2.45, 2.75) is 13.0 Å². The highest BCUT2D eigenvalue weighted by atomic mass is 16.5. The molecule has 0 amide bonds. The van der Waals surface area contributed by atoms with Crippen LogP contribution in [-0.2, 0) is 31.8 Å². The highest BCUT2D eigenvalue weighted by Gasteiger charge is 2.15. The van der Waals surface area contributed by atoms with Crippen molar-refractivity contribution in [1.82, 2.24) is 18.7 Å². The first-order valence-corrected chi connectivity index (χ1v) is 8.18. The van der Waals surface area contributed by atoms with Gasteiger partial charge in [-0.1, -0.05) is 12.1 Å². The molecule has 0 N–H and O–H groups in total. The minimum absolute atomic E-state index is 0.0266. The average Bonchev–Trinajstić information content (AvgIpc) is 3.09. The van der Waals surface area contributed by atoms with Crippen molar-refractivity contribution < 1.29 is 9.53 Å². The normalized spacial score (nSPS) is 10.7. The molecule has 0 saturated carbocycles. The number of hydrogen-bond donors (Lipinski definition) is 0. The third-order valence-electron chi connectivity index (χ3n) is 4.23. The molecule has 0 aliphatic heterocycles. The lowest BCUT2D eigenvalue weighted by molar-refractivity contribution is 0.0492. The fourth-order valence-corrected chi connectivity index (χ4v) is 2.79. The van der Waals surface area contributed by atoms with Gasteiger partial charge >= 0.3 is 11.7 Å². The molecule has 3 aromatic rings. The van der Waals surface area contributed by atoms with Crippen molar-refractivity contribution in [2.24, 2.45) is 14.1 Å². The van der Waals surface area contributed by atoms with Gasteiger partial charge in [-0.2, -0.15) is 5.26 Å². The van der Waals surface area contributed by atoms with E-state index >= 15 is 0 Å². The monoisotopic (exact) mass is 367 g/mol. The van der Waals surface area contributed by atoms with Gasteiger partial charge in [-0.3, -0.25) is 13.9 Å². The Hall–Kier alpha value is -3.67. The molecule has 9 heteroatoms. The largest absolute Gasteiger partial charge is 0.460 e. The summed E-state index contributed by atoms with van der Waals surface area (Å²) in [6.07, 6.45) is 1.65. The standard InChI is InChI=1S/C18H17N5O4/c1-21-15-14(16(24)22(2)18(21)26)23(11-20-15)8-9-27-17(25)13-5-3-4-12(10-13)6-7-19/h3-5,10-11H,6,8-9H2,1-2H3. The molecule has 0 unspecified atom stereocenters. The van der Waals surface area contributed by atoms with Gasteiger partial charge in [-0.25, -0.2) is 14.6 Å². The van der Waals surface area contributed by atoms with Crippen molar-refractivity contribution in [3.63, 3.8) is 0 Å². The number of nitriles is 1. The number of aryl methyl sites for hydroxylation is 1. The number of rotatable bonds is 5. The van der Waals surface area contributed by atoms with Crippen molar-refractivity contribution in [2.75, 3.05) is 6.61 Å². The molecule has 3 rings (SSSR count). The Morgan fingerprint density at radius 3 is 2.78 bits per heavy atom. The molecular weight excluding hydrogens is 350 g/mol. The Morgan fingerprint density at radius 1 is 1.26 bits per heavy atom. The van der Waals surface area contributed by atoms with Crippen LogP contribution in [0.3, 0.4) is 0 Å². The lowest BCUT2D eigenvalue weighted by atomic mass is 10.1. The van der Waals surface area contributed by atoms with Crippen LogP contribution in [0.5, 0.6) is 0 Å². The first-order chi connectivity index (χ1) is 12.9. The molecule has 2 aromatic heterocycles. The van der Waals surface area contributed by atoms with Gasteiger partial charge in [0, 0.05) is 14.1 Å². The van der Waals surface area contributed by atoms with Gasteiger partial charge < -0.3 is 9.30 Å². The number of imidazole rings is 1. The summed E-state index contributed by atoms with van der Waals surface area (Å²) in [5.74, 6) is -0.514. The quantitative estimate of drug-likeness (QED) is 0.602. The van der Waals surface area contributed by atoms with Crippen LogP contribution in [-0.4, -0.2) is 31.3 Å². The number of fused-ring (bicyclic) bond motifs is 1. The zero-order valence-corrected chi connectivity index (χ0v) is 14.9. The van der Waals surface area contributed by atoms with Gasteiger partial charge in [-0.15, -0.1) is 0 Å². The SMILES string of the molecule is Cn1c(=O)c2c(ncn2CCOC(=O)c2cccc(CC#N)c2)n(C)c1=O. The number of ether oxygens (including phenoxy) is 1. The Labute approximate surface area is 153 Å². The predicted molar refractivity (Wildman–Crippen MR) is 96.3 cm³/mol. The summed E-state index contributed by atoms with van der Waals surface area (Å²) in [6.45, 7) is 0.242. The molecule has 0 radical (unpaired) electrons. The van der Waals surface area contributed by atoms with Crippen LogP contribution >= 0.6 is 0 Å². The highest BCUT2D eigenvalue weighted by molar-refractivity contribution is 5.89. The first kappa shape index (κ1) is 18.1. The van der Waals surface area contributed by atoms with E-state index in [1.807, 2.05) is 6.07 Å². The molecule has 2 heterocycles. The summed E-state index contributed by atoms with van der Waals surface area (Å²) >= 11 is 0. The fraction of sp³-hybridized carbons (Fsp3) is 0.278. The van der Waals surface area contributed by atoms with Gasteiger partial charge in [-0.05, 0) is 17.7 Å². The number of esters is 1. The molecule has 9 nitrogen and oxygen atoms in total. The Bertz CT molecular complexity index is 1180. The van der Waals surface area contributed by atoms with Crippen molar-refractivity contribution >= 4 is 17.1 Å². The van der Waals surface area contributed by atoms with Gasteiger partial charge in [0.25, 0.3) is 5.56 Å². The number of nitrogens with zero attached hydrogens (tertiary/aromatic N) is 5. The van der Waals surface area contributed by atoms with Crippen LogP contribution in [0.4, 0.5) is 0 Å². The first-order valence-electron chi connectivity index (χ1n) is 8.18. The number of benzene rings is 1. The second kappa shape index (κ2) is 7.29. The molecule has 138 valence electrons. The van der Waals surface area contributed by atoms with E-state index in [0.29, 0.717) is 5.56 Å². The molecule has 0 fully saturated rings. The molecule has 0 bridgehead atoms. The summed E-state index contributed by atoms with van der Waals surface area (Å²) in [5, 5.41) is 8.74. The molecule has 1 aromatic carbocycles. The topological polar surface area (TPSA) is 112 Å². The van der Waals surface area contributed by atoms with Gasteiger partial charge in [0.2, 0.25) is 0 Å². The van der Waals surface area contributed by atoms with E-state index in [4.69, 9.17) is 10.00 Å². The highest BCUT2D eigenvalue weighted by Crippen LogP contribution is 2.09. The number of hydrogen-bond acceptors (Lipinski definition) is 6. The molecule has 27 heavy (non-hydrogen) atoms. The second-order valence-electron chi connectivity index (χ2n) is 5.99. The van der Waals surface area contributed by atoms with E-state index < -0.39 is 17.2 Å². The lowest BCUT2D eigenvalue weighted by Gasteiger charge is -2.08. The van der Waals surface area contributed by atoms with E-state index in [-0.39, 0.29) is 30.7 Å². The maximum absolute atomic E-state index is 12.4. The van der Waals surface area contributed by atoms with E-state index in [9.17, 15) is 14.4 Å². The van der Waals surface area contributed by atoms with E-state index in [0.717, 1.165) is 10.1 Å². The molecule has 0 saturated heterocycles. The molecule has 0 atom stereocenters. The third-order valence-corrected chi connectivity index (χ3v) is 4.23. The number of aromatic nitrogens is 4. The maximum atomic E-state index is 12.4. The van der Waals surface area contributed by atoms with Crippen LogP contribution in [0.1, 0.15) is 15.9 Å². The van der Waals surface area contributed by atoms with Crippen molar-refractivity contribution in [3.8, 4) is 6.07 Å².